The van der Waals surface area contributed by atoms with Crippen LogP contribution in [0.3, 0.4) is 0 Å². The second-order valence-electron chi connectivity index (χ2n) is 20.7. The molecule has 10 heteroatoms. The van der Waals surface area contributed by atoms with Gasteiger partial charge in [0.15, 0.2) is 5.79 Å². The summed E-state index contributed by atoms with van der Waals surface area (Å²) in [6.07, 6.45) is 43.1. The summed E-state index contributed by atoms with van der Waals surface area (Å²) in [4.78, 5) is 62.3. The Morgan fingerprint density at radius 2 is 1.20 bits per heavy atom. The minimum Gasteiger partial charge on any atom is -0.462 e. The molecule has 0 aromatic carbocycles. The van der Waals surface area contributed by atoms with Gasteiger partial charge in [0.2, 0.25) is 0 Å². The second-order valence-corrected chi connectivity index (χ2v) is 20.7. The molecule has 10 nitrogen and oxygen atoms in total. The third-order valence-electron chi connectivity index (χ3n) is 13.4. The molecular weight excluding hydrogens is 865 g/mol. The highest BCUT2D eigenvalue weighted by Gasteiger charge is 2.49. The fraction of sp³-hybridized carbons (Fsp3) is 0.475. The molecule has 0 radical (unpaired) electrons. The molecule has 5 aliphatic rings. The number of imide groups is 2. The molecule has 3 heterocycles. The van der Waals surface area contributed by atoms with Gasteiger partial charge in [0.25, 0.3) is 23.6 Å². The van der Waals surface area contributed by atoms with Crippen LogP contribution in [0.1, 0.15) is 127 Å². The predicted molar refractivity (Wildman–Crippen MR) is 275 cm³/mol. The van der Waals surface area contributed by atoms with Crippen molar-refractivity contribution in [3.8, 4) is 0 Å². The first kappa shape index (κ1) is 54.2. The van der Waals surface area contributed by atoms with Gasteiger partial charge in [0.1, 0.15) is 12.7 Å². The smallest absolute Gasteiger partial charge is 0.306 e. The zero-order chi connectivity index (χ0) is 50.4. The van der Waals surface area contributed by atoms with Gasteiger partial charge < -0.3 is 14.2 Å². The van der Waals surface area contributed by atoms with Gasteiger partial charge in [0.05, 0.1) is 6.10 Å². The van der Waals surface area contributed by atoms with Crippen molar-refractivity contribution in [2.75, 3.05) is 19.7 Å². The zero-order valence-corrected chi connectivity index (χ0v) is 42.8. The molecule has 0 saturated carbocycles. The van der Waals surface area contributed by atoms with Crippen molar-refractivity contribution in [1.82, 2.24) is 9.80 Å². The van der Waals surface area contributed by atoms with Crippen LogP contribution in [0.2, 0.25) is 0 Å². The molecule has 1 saturated heterocycles. The van der Waals surface area contributed by atoms with Crippen LogP contribution in [0.5, 0.6) is 0 Å². The summed E-state index contributed by atoms with van der Waals surface area (Å²) in [7, 11) is 0. The molecule has 0 aromatic rings. The van der Waals surface area contributed by atoms with E-state index < -0.39 is 5.79 Å². The van der Waals surface area contributed by atoms with Gasteiger partial charge in [-0.1, -0.05) is 152 Å². The SMILES string of the molecule is CC1=C[C@H](OC2(CCCCN3C(=O)C=CC3=O)CO2)CC(C)(C)[C@H]1/C=C/C(C)=C/C=C/C(C)=C/C=C/C=C(C)/C=C/C=C(C)/C=C/C1=C(C)C[C@@H](OC(=O)CCCCN2C(=O)C=CC2=O)CC1(C)C. The number of rotatable bonds is 23. The lowest BCUT2D eigenvalue weighted by Crippen LogP contribution is -2.36. The van der Waals surface area contributed by atoms with Crippen LogP contribution in [0.4, 0.5) is 0 Å². The van der Waals surface area contributed by atoms with E-state index in [2.05, 4.69) is 160 Å². The van der Waals surface area contributed by atoms with Gasteiger partial charge >= 0.3 is 5.97 Å². The first-order chi connectivity index (χ1) is 32.7. The van der Waals surface area contributed by atoms with Crippen molar-refractivity contribution >= 4 is 29.6 Å². The maximum Gasteiger partial charge on any atom is 0.306 e. The molecule has 4 amide bonds. The lowest BCUT2D eigenvalue weighted by molar-refractivity contribution is -0.150. The van der Waals surface area contributed by atoms with Crippen molar-refractivity contribution in [1.29, 1.82) is 0 Å². The summed E-state index contributed by atoms with van der Waals surface area (Å²) < 4.78 is 18.2. The Balaban J connectivity index is 1.01. The minimum atomic E-state index is -0.565. The van der Waals surface area contributed by atoms with E-state index in [1.165, 1.54) is 56.4 Å². The van der Waals surface area contributed by atoms with Crippen molar-refractivity contribution in [2.45, 2.75) is 145 Å². The van der Waals surface area contributed by atoms with E-state index in [1.54, 1.807) is 0 Å². The van der Waals surface area contributed by atoms with E-state index in [4.69, 9.17) is 14.2 Å². The van der Waals surface area contributed by atoms with Gasteiger partial charge in [-0.2, -0.15) is 0 Å². The van der Waals surface area contributed by atoms with Gasteiger partial charge in [-0.25, -0.2) is 0 Å². The highest BCUT2D eigenvalue weighted by Crippen LogP contribution is 2.46. The molecule has 3 aliphatic heterocycles. The Morgan fingerprint density at radius 3 is 1.72 bits per heavy atom. The summed E-state index contributed by atoms with van der Waals surface area (Å²) >= 11 is 0. The number of unbranched alkanes of at least 4 members (excludes halogenated alkanes) is 2. The number of allylic oxidation sites excluding steroid dienone is 20. The van der Waals surface area contributed by atoms with Crippen LogP contribution >= 0.6 is 0 Å². The van der Waals surface area contributed by atoms with E-state index in [0.717, 1.165) is 48.8 Å². The Labute approximate surface area is 412 Å². The quantitative estimate of drug-likeness (QED) is 0.0248. The van der Waals surface area contributed by atoms with Gasteiger partial charge in [0, 0.05) is 62.6 Å². The first-order valence-electron chi connectivity index (χ1n) is 24.7. The zero-order valence-electron chi connectivity index (χ0n) is 42.8. The summed E-state index contributed by atoms with van der Waals surface area (Å²) in [5.74, 6) is -1.57. The van der Waals surface area contributed by atoms with Crippen molar-refractivity contribution < 1.29 is 38.2 Å². The lowest BCUT2D eigenvalue weighted by Gasteiger charge is -2.40. The second kappa shape index (κ2) is 24.7. The number of amides is 4. The Hall–Kier alpha value is -5.71. The number of epoxide rings is 1. The maximum absolute atomic E-state index is 12.6. The monoisotopic (exact) mass is 941 g/mol. The summed E-state index contributed by atoms with van der Waals surface area (Å²) in [6.45, 7) is 23.0. The number of ether oxygens (including phenoxy) is 3. The molecule has 0 aromatic heterocycles. The maximum atomic E-state index is 12.6. The number of hydrogen-bond donors (Lipinski definition) is 0. The van der Waals surface area contributed by atoms with Crippen molar-refractivity contribution in [3.63, 3.8) is 0 Å². The average Bonchev–Trinajstić information content (AvgIpc) is 3.84. The highest BCUT2D eigenvalue weighted by atomic mass is 16.8. The molecule has 1 unspecified atom stereocenters. The van der Waals surface area contributed by atoms with Crippen LogP contribution in [0.15, 0.2) is 154 Å². The third kappa shape index (κ3) is 16.7. The number of carbonyl (C=O) groups excluding carboxylic acids is 5. The molecule has 2 aliphatic carbocycles. The van der Waals surface area contributed by atoms with E-state index in [9.17, 15) is 24.0 Å². The fourth-order valence-corrected chi connectivity index (χ4v) is 9.62. The van der Waals surface area contributed by atoms with E-state index >= 15 is 0 Å². The number of carbonyl (C=O) groups is 5. The first-order valence-corrected chi connectivity index (χ1v) is 24.7. The Kier molecular flexibility index (Phi) is 19.4. The topological polar surface area (TPSA) is 123 Å². The molecule has 0 spiro atoms. The normalized spacial score (nSPS) is 25.7. The molecule has 4 atom stereocenters. The standard InChI is InChI=1S/C59H76N2O8/c1-42(21-17-23-44(3)26-28-50-46(5)37-48(39-57(50,7)8)68-56(66)25-13-15-35-60-52(62)30-31-53(60)63)19-11-12-20-43(2)22-18-24-45(4)27-29-51-47(6)38-49(40-58(51,9)10)69-59(41-67-59)34-14-16-36-61-54(64)32-33-55(61)65/h11-12,17-24,26-33,38,48-49,51H,13-16,25,34-37,39-41H2,1-10H3/b12-11+,21-17+,22-18+,28-26+,29-27+,42-19+,43-20+,44-23+,45-24+/t48-,49+,51+,59?/m1/s1. The Bertz CT molecular complexity index is 2330. The molecule has 1 fully saturated rings. The molecule has 0 bridgehead atoms. The molecule has 5 rings (SSSR count). The van der Waals surface area contributed by atoms with E-state index in [0.29, 0.717) is 39.0 Å². The molecular formula is C59H76N2O8. The van der Waals surface area contributed by atoms with Crippen LogP contribution in [0, 0.1) is 16.7 Å². The largest absolute Gasteiger partial charge is 0.462 e. The van der Waals surface area contributed by atoms with Crippen molar-refractivity contribution in [3.05, 3.63) is 154 Å². The van der Waals surface area contributed by atoms with Crippen LogP contribution in [0.25, 0.3) is 0 Å². The van der Waals surface area contributed by atoms with Gasteiger partial charge in [-0.15, -0.1) is 0 Å². The number of esters is 1. The highest BCUT2D eigenvalue weighted by molar-refractivity contribution is 6.13. The molecule has 69 heavy (non-hydrogen) atoms. The van der Waals surface area contributed by atoms with Gasteiger partial charge in [-0.3, -0.25) is 33.8 Å². The Morgan fingerprint density at radius 1 is 0.696 bits per heavy atom. The minimum absolute atomic E-state index is 0.00138. The predicted octanol–water partition coefficient (Wildman–Crippen LogP) is 11.9. The van der Waals surface area contributed by atoms with E-state index in [-0.39, 0.29) is 65.0 Å². The summed E-state index contributed by atoms with van der Waals surface area (Å²) in [5, 5.41) is 0. The third-order valence-corrected chi connectivity index (χ3v) is 13.4. The van der Waals surface area contributed by atoms with Crippen LogP contribution < -0.4 is 0 Å². The van der Waals surface area contributed by atoms with Gasteiger partial charge in [-0.05, 0) is 96.5 Å². The lowest BCUT2D eigenvalue weighted by atomic mass is 9.67. The number of nitrogens with zero attached hydrogens (tertiary/aromatic N) is 2. The number of hydrogen-bond acceptors (Lipinski definition) is 8. The summed E-state index contributed by atoms with van der Waals surface area (Å²) in [5.41, 5.74) is 8.23. The van der Waals surface area contributed by atoms with Crippen molar-refractivity contribution in [2.24, 2.45) is 16.7 Å². The average molecular weight is 941 g/mol. The summed E-state index contributed by atoms with van der Waals surface area (Å²) in [6, 6.07) is 0. The molecule has 0 N–H and O–H groups in total. The van der Waals surface area contributed by atoms with E-state index in [1.807, 2.05) is 0 Å². The van der Waals surface area contributed by atoms with Crippen LogP contribution in [-0.4, -0.2) is 77.1 Å². The molecule has 370 valence electrons. The fourth-order valence-electron chi connectivity index (χ4n) is 9.62. The van der Waals surface area contributed by atoms with Crippen LogP contribution in [-0.2, 0) is 38.2 Å².